The fourth-order valence-electron chi connectivity index (χ4n) is 3.66. The summed E-state index contributed by atoms with van der Waals surface area (Å²) in [6, 6.07) is 6.27. The Kier molecular flexibility index (Phi) is 6.80. The maximum absolute atomic E-state index is 12.6. The Labute approximate surface area is 192 Å². The molecule has 172 valence electrons. The lowest BCUT2D eigenvalue weighted by atomic mass is 9.89. The molecular weight excluding hydrogens is 448 g/mol. The molecule has 1 N–H and O–H groups in total. The summed E-state index contributed by atoms with van der Waals surface area (Å²) in [6.07, 6.45) is 5.98. The molecule has 1 fully saturated rings. The van der Waals surface area contributed by atoms with Crippen LogP contribution in [0, 0.1) is 6.92 Å². The Morgan fingerprint density at radius 3 is 2.53 bits per heavy atom. The molecule has 1 saturated carbocycles. The summed E-state index contributed by atoms with van der Waals surface area (Å²) in [5.74, 6) is 2.73. The van der Waals surface area contributed by atoms with Crippen LogP contribution in [0.2, 0.25) is 0 Å². The minimum atomic E-state index is -3.75. The van der Waals surface area contributed by atoms with Crippen LogP contribution in [0.1, 0.15) is 80.1 Å². The molecule has 0 atom stereocenters. The largest absolute Gasteiger partial charge is 0.487 e. The molecule has 3 aromatic rings. The van der Waals surface area contributed by atoms with Crippen molar-refractivity contribution in [2.75, 3.05) is 4.72 Å². The van der Waals surface area contributed by atoms with E-state index in [4.69, 9.17) is 9.15 Å². The van der Waals surface area contributed by atoms with E-state index >= 15 is 0 Å². The number of hydrogen-bond acceptors (Lipinski definition) is 8. The minimum Gasteiger partial charge on any atom is -0.487 e. The second kappa shape index (κ2) is 9.58. The number of benzene rings is 1. The highest BCUT2D eigenvalue weighted by Crippen LogP contribution is 2.33. The van der Waals surface area contributed by atoms with Gasteiger partial charge in [0.2, 0.25) is 5.13 Å². The van der Waals surface area contributed by atoms with Crippen LogP contribution in [0.25, 0.3) is 0 Å². The first-order valence-corrected chi connectivity index (χ1v) is 13.2. The normalized spacial score (nSPS) is 15.2. The molecular formula is C22H28N4O4S2. The van der Waals surface area contributed by atoms with Crippen molar-refractivity contribution >= 4 is 26.5 Å². The summed E-state index contributed by atoms with van der Waals surface area (Å²) < 4.78 is 39.5. The zero-order chi connectivity index (χ0) is 22.7. The lowest BCUT2D eigenvalue weighted by Gasteiger charge is -2.17. The third-order valence-corrected chi connectivity index (χ3v) is 8.15. The van der Waals surface area contributed by atoms with Crippen molar-refractivity contribution in [3.63, 3.8) is 0 Å². The molecule has 0 unspecified atom stereocenters. The van der Waals surface area contributed by atoms with Crippen LogP contribution in [-0.4, -0.2) is 23.6 Å². The Balaban J connectivity index is 1.38. The van der Waals surface area contributed by atoms with Gasteiger partial charge in [-0.05, 0) is 44.0 Å². The van der Waals surface area contributed by atoms with E-state index in [-0.39, 0.29) is 22.6 Å². The van der Waals surface area contributed by atoms with Crippen LogP contribution in [0.3, 0.4) is 0 Å². The molecule has 4 rings (SSSR count). The first kappa shape index (κ1) is 22.7. The average molecular weight is 477 g/mol. The molecule has 8 nitrogen and oxygen atoms in total. The van der Waals surface area contributed by atoms with Gasteiger partial charge < -0.3 is 9.15 Å². The molecule has 1 aromatic carbocycles. The van der Waals surface area contributed by atoms with Crippen molar-refractivity contribution in [2.45, 2.75) is 76.2 Å². The molecule has 1 aliphatic carbocycles. The number of nitrogens with zero attached hydrogens (tertiary/aromatic N) is 3. The van der Waals surface area contributed by atoms with Gasteiger partial charge in [0, 0.05) is 11.8 Å². The Bertz CT molecular complexity index is 1150. The number of ether oxygens (including phenoxy) is 1. The van der Waals surface area contributed by atoms with E-state index in [0.29, 0.717) is 11.7 Å². The third-order valence-electron chi connectivity index (χ3n) is 5.53. The maximum atomic E-state index is 12.6. The summed E-state index contributed by atoms with van der Waals surface area (Å²) in [5, 5.41) is 8.95. The molecule has 0 radical (unpaired) electrons. The van der Waals surface area contributed by atoms with E-state index < -0.39 is 10.0 Å². The van der Waals surface area contributed by atoms with Crippen LogP contribution in [0.4, 0.5) is 5.13 Å². The fourth-order valence-corrected chi connectivity index (χ4v) is 5.63. The predicted octanol–water partition coefficient (Wildman–Crippen LogP) is 5.39. The highest BCUT2D eigenvalue weighted by atomic mass is 32.2. The molecule has 0 saturated heterocycles. The first-order valence-electron chi connectivity index (χ1n) is 10.9. The van der Waals surface area contributed by atoms with Gasteiger partial charge in [-0.1, -0.05) is 44.4 Å². The summed E-state index contributed by atoms with van der Waals surface area (Å²) >= 11 is 1.23. The van der Waals surface area contributed by atoms with Gasteiger partial charge in [-0.25, -0.2) is 13.4 Å². The lowest BCUT2D eigenvalue weighted by molar-refractivity contribution is 0.299. The standard InChI is InChI=1S/C22H28N4O4S2/c1-14(2)21-24-25-22(31-21)26-32(27,28)18-11-9-17(10-12-18)29-13-19-15(3)30-20(23-19)16-7-5-4-6-8-16/h9-12,14,16H,4-8,13H2,1-3H3,(H,25,26). The van der Waals surface area contributed by atoms with Gasteiger partial charge in [0.05, 0.1) is 4.90 Å². The van der Waals surface area contributed by atoms with E-state index in [1.807, 2.05) is 20.8 Å². The number of hydrogen-bond donors (Lipinski definition) is 1. The second-order valence-corrected chi connectivity index (χ2v) is 11.0. The average Bonchev–Trinajstić information content (AvgIpc) is 3.39. The van der Waals surface area contributed by atoms with E-state index in [1.54, 1.807) is 12.1 Å². The zero-order valence-corrected chi connectivity index (χ0v) is 20.1. The molecule has 2 heterocycles. The molecule has 0 aliphatic heterocycles. The van der Waals surface area contributed by atoms with Crippen LogP contribution in [0.15, 0.2) is 33.6 Å². The number of aryl methyl sites for hydroxylation is 1. The van der Waals surface area contributed by atoms with E-state index in [0.717, 1.165) is 35.2 Å². The molecule has 2 aromatic heterocycles. The van der Waals surface area contributed by atoms with E-state index in [2.05, 4.69) is 19.9 Å². The van der Waals surface area contributed by atoms with Gasteiger partial charge in [-0.2, -0.15) is 0 Å². The summed E-state index contributed by atoms with van der Waals surface area (Å²) in [4.78, 5) is 4.79. The highest BCUT2D eigenvalue weighted by Gasteiger charge is 2.22. The topological polar surface area (TPSA) is 107 Å². The van der Waals surface area contributed by atoms with Crippen LogP contribution in [0.5, 0.6) is 5.75 Å². The summed E-state index contributed by atoms with van der Waals surface area (Å²) in [7, 11) is -3.75. The molecule has 32 heavy (non-hydrogen) atoms. The van der Waals surface area contributed by atoms with Crippen molar-refractivity contribution in [1.82, 2.24) is 15.2 Å². The molecule has 0 bridgehead atoms. The summed E-state index contributed by atoms with van der Waals surface area (Å²) in [6.45, 7) is 6.14. The summed E-state index contributed by atoms with van der Waals surface area (Å²) in [5.41, 5.74) is 0.779. The minimum absolute atomic E-state index is 0.128. The van der Waals surface area contributed by atoms with Crippen molar-refractivity contribution in [2.24, 2.45) is 0 Å². The highest BCUT2D eigenvalue weighted by molar-refractivity contribution is 7.93. The quantitative estimate of drug-likeness (QED) is 0.465. The Hall–Kier alpha value is -2.46. The molecule has 1 aliphatic rings. The van der Waals surface area contributed by atoms with Gasteiger partial charge in [0.25, 0.3) is 10.0 Å². The lowest BCUT2D eigenvalue weighted by Crippen LogP contribution is -2.12. The Morgan fingerprint density at radius 1 is 1.16 bits per heavy atom. The van der Waals surface area contributed by atoms with Crippen molar-refractivity contribution in [1.29, 1.82) is 0 Å². The Morgan fingerprint density at radius 2 is 1.88 bits per heavy atom. The molecule has 10 heteroatoms. The van der Waals surface area contributed by atoms with Gasteiger partial charge in [-0.15, -0.1) is 10.2 Å². The van der Waals surface area contributed by atoms with Crippen LogP contribution >= 0.6 is 11.3 Å². The number of rotatable bonds is 8. The van der Waals surface area contributed by atoms with Gasteiger partial charge in [-0.3, -0.25) is 4.72 Å². The van der Waals surface area contributed by atoms with Crippen molar-refractivity contribution in [3.05, 3.63) is 46.6 Å². The zero-order valence-electron chi connectivity index (χ0n) is 18.5. The molecule has 0 spiro atoms. The fraction of sp³-hybridized carbons (Fsp3) is 0.500. The van der Waals surface area contributed by atoms with Crippen LogP contribution in [-0.2, 0) is 16.6 Å². The molecule has 0 amide bonds. The number of oxazole rings is 1. The van der Waals surface area contributed by atoms with Crippen molar-refractivity contribution in [3.8, 4) is 5.75 Å². The van der Waals surface area contributed by atoms with Gasteiger partial charge >= 0.3 is 0 Å². The van der Waals surface area contributed by atoms with Crippen LogP contribution < -0.4 is 9.46 Å². The van der Waals surface area contributed by atoms with E-state index in [1.165, 1.54) is 42.7 Å². The number of anilines is 1. The monoisotopic (exact) mass is 476 g/mol. The number of aromatic nitrogens is 3. The maximum Gasteiger partial charge on any atom is 0.263 e. The van der Waals surface area contributed by atoms with Gasteiger partial charge in [0.1, 0.15) is 28.8 Å². The third kappa shape index (κ3) is 5.29. The van der Waals surface area contributed by atoms with Crippen molar-refractivity contribution < 1.29 is 17.6 Å². The van der Waals surface area contributed by atoms with Gasteiger partial charge in [0.15, 0.2) is 5.89 Å². The predicted molar refractivity (Wildman–Crippen MR) is 123 cm³/mol. The second-order valence-electron chi connectivity index (χ2n) is 8.36. The smallest absolute Gasteiger partial charge is 0.263 e. The SMILES string of the molecule is Cc1oc(C2CCCCC2)nc1COc1ccc(S(=O)(=O)Nc2nnc(C(C)C)s2)cc1. The first-order chi connectivity index (χ1) is 15.3. The number of sulfonamides is 1. The van der Waals surface area contributed by atoms with E-state index in [9.17, 15) is 8.42 Å². The number of nitrogens with one attached hydrogen (secondary N) is 1.